The molecular weight excluding hydrogens is 326 g/mol. The Morgan fingerprint density at radius 1 is 0.923 bits per heavy atom. The predicted molar refractivity (Wildman–Crippen MR) is 102 cm³/mol. The Kier molecular flexibility index (Phi) is 6.02. The van der Waals surface area contributed by atoms with Gasteiger partial charge in [-0.05, 0) is 24.7 Å². The summed E-state index contributed by atoms with van der Waals surface area (Å²) in [5.41, 5.74) is 1.60. The maximum Gasteiger partial charge on any atom is 0.251 e. The Morgan fingerprint density at radius 3 is 2.12 bits per heavy atom. The van der Waals surface area contributed by atoms with Crippen LogP contribution in [-0.4, -0.2) is 60.9 Å². The molecule has 0 saturated carbocycles. The first-order valence-corrected chi connectivity index (χ1v) is 9.00. The van der Waals surface area contributed by atoms with Crippen molar-refractivity contribution in [1.82, 2.24) is 15.1 Å². The summed E-state index contributed by atoms with van der Waals surface area (Å²) in [6.07, 6.45) is 0.491. The molecule has 2 amide bonds. The lowest BCUT2D eigenvalue weighted by Crippen LogP contribution is -2.55. The smallest absolute Gasteiger partial charge is 0.251 e. The molecule has 136 valence electrons. The van der Waals surface area contributed by atoms with Crippen molar-refractivity contribution >= 4 is 11.8 Å². The topological polar surface area (TPSA) is 52.6 Å². The monoisotopic (exact) mass is 351 g/mol. The van der Waals surface area contributed by atoms with Crippen LogP contribution in [0, 0.1) is 0 Å². The van der Waals surface area contributed by atoms with E-state index in [-0.39, 0.29) is 11.8 Å². The van der Waals surface area contributed by atoms with Crippen LogP contribution in [0.2, 0.25) is 0 Å². The molecule has 1 fully saturated rings. The highest BCUT2D eigenvalue weighted by atomic mass is 16.2. The molecule has 2 aromatic rings. The van der Waals surface area contributed by atoms with Crippen molar-refractivity contribution in [2.45, 2.75) is 12.5 Å². The Hall–Kier alpha value is -2.66. The van der Waals surface area contributed by atoms with Gasteiger partial charge in [-0.15, -0.1) is 0 Å². The minimum absolute atomic E-state index is 0.00812. The van der Waals surface area contributed by atoms with Gasteiger partial charge in [0.25, 0.3) is 5.91 Å². The summed E-state index contributed by atoms with van der Waals surface area (Å²) in [4.78, 5) is 29.7. The molecule has 1 aliphatic heterocycles. The third-order valence-electron chi connectivity index (χ3n) is 4.74. The highest BCUT2D eigenvalue weighted by Crippen LogP contribution is 2.10. The number of benzene rings is 2. The van der Waals surface area contributed by atoms with E-state index < -0.39 is 6.04 Å². The van der Waals surface area contributed by atoms with Gasteiger partial charge in [0.2, 0.25) is 5.91 Å². The number of amides is 2. The second kappa shape index (κ2) is 8.63. The van der Waals surface area contributed by atoms with Crippen molar-refractivity contribution < 1.29 is 9.59 Å². The van der Waals surface area contributed by atoms with Crippen LogP contribution in [0.5, 0.6) is 0 Å². The van der Waals surface area contributed by atoms with E-state index >= 15 is 0 Å². The molecule has 0 unspecified atom stereocenters. The number of carbonyl (C=O) groups excluding carboxylic acids is 2. The highest BCUT2D eigenvalue weighted by molar-refractivity contribution is 5.97. The van der Waals surface area contributed by atoms with Gasteiger partial charge in [0.1, 0.15) is 6.04 Å². The minimum Gasteiger partial charge on any atom is -0.340 e. The number of hydrogen-bond acceptors (Lipinski definition) is 3. The van der Waals surface area contributed by atoms with E-state index in [2.05, 4.69) is 17.3 Å². The molecule has 3 rings (SSSR count). The van der Waals surface area contributed by atoms with E-state index in [1.807, 2.05) is 53.4 Å². The second-order valence-corrected chi connectivity index (χ2v) is 6.71. The van der Waals surface area contributed by atoms with E-state index in [1.165, 1.54) is 0 Å². The van der Waals surface area contributed by atoms with Crippen LogP contribution in [0.1, 0.15) is 15.9 Å². The molecule has 26 heavy (non-hydrogen) atoms. The first-order valence-electron chi connectivity index (χ1n) is 9.00. The zero-order valence-electron chi connectivity index (χ0n) is 15.1. The molecule has 0 radical (unpaired) electrons. The van der Waals surface area contributed by atoms with Gasteiger partial charge in [-0.25, -0.2) is 0 Å². The minimum atomic E-state index is -0.562. The summed E-state index contributed by atoms with van der Waals surface area (Å²) >= 11 is 0. The third kappa shape index (κ3) is 4.70. The lowest BCUT2D eigenvalue weighted by atomic mass is 10.0. The van der Waals surface area contributed by atoms with Gasteiger partial charge in [0, 0.05) is 38.2 Å². The Morgan fingerprint density at radius 2 is 1.50 bits per heavy atom. The van der Waals surface area contributed by atoms with Gasteiger partial charge in [-0.3, -0.25) is 9.59 Å². The van der Waals surface area contributed by atoms with Crippen LogP contribution in [-0.2, 0) is 11.2 Å². The molecule has 0 bridgehead atoms. The average molecular weight is 351 g/mol. The standard InChI is InChI=1S/C21H25N3O2/c1-23-12-14-24(15-13-23)21(26)19(16-17-8-4-2-5-9-17)22-20(25)18-10-6-3-7-11-18/h2-11,19H,12-16H2,1H3,(H,22,25)/t19-/m1/s1. The lowest BCUT2D eigenvalue weighted by Gasteiger charge is -2.34. The molecular formula is C21H25N3O2. The van der Waals surface area contributed by atoms with E-state index in [9.17, 15) is 9.59 Å². The summed E-state index contributed by atoms with van der Waals surface area (Å²) in [6, 6.07) is 18.3. The second-order valence-electron chi connectivity index (χ2n) is 6.71. The predicted octanol–water partition coefficient (Wildman–Crippen LogP) is 1.80. The molecule has 0 spiro atoms. The Bertz CT molecular complexity index is 725. The first-order chi connectivity index (χ1) is 12.6. The van der Waals surface area contributed by atoms with Gasteiger partial charge in [-0.1, -0.05) is 48.5 Å². The molecule has 1 saturated heterocycles. The summed E-state index contributed by atoms with van der Waals surface area (Å²) < 4.78 is 0. The summed E-state index contributed by atoms with van der Waals surface area (Å²) in [6.45, 7) is 3.11. The van der Waals surface area contributed by atoms with Gasteiger partial charge < -0.3 is 15.1 Å². The van der Waals surface area contributed by atoms with Crippen molar-refractivity contribution in [3.8, 4) is 0 Å². The van der Waals surface area contributed by atoms with Crippen LogP contribution in [0.4, 0.5) is 0 Å². The zero-order valence-corrected chi connectivity index (χ0v) is 15.1. The van der Waals surface area contributed by atoms with Gasteiger partial charge in [0.15, 0.2) is 0 Å². The largest absolute Gasteiger partial charge is 0.340 e. The maximum absolute atomic E-state index is 13.1. The fraction of sp³-hybridized carbons (Fsp3) is 0.333. The van der Waals surface area contributed by atoms with Crippen molar-refractivity contribution in [2.75, 3.05) is 33.2 Å². The fourth-order valence-corrected chi connectivity index (χ4v) is 3.13. The van der Waals surface area contributed by atoms with Crippen molar-refractivity contribution in [1.29, 1.82) is 0 Å². The maximum atomic E-state index is 13.1. The number of piperazine rings is 1. The number of nitrogens with one attached hydrogen (secondary N) is 1. The number of carbonyl (C=O) groups is 2. The molecule has 5 nitrogen and oxygen atoms in total. The quantitative estimate of drug-likeness (QED) is 0.894. The summed E-state index contributed by atoms with van der Waals surface area (Å²) in [7, 11) is 2.06. The van der Waals surface area contributed by atoms with Crippen LogP contribution in [0.3, 0.4) is 0 Å². The number of likely N-dealkylation sites (N-methyl/N-ethyl adjacent to an activating group) is 1. The molecule has 1 aliphatic rings. The van der Waals surface area contributed by atoms with E-state index in [0.717, 1.165) is 18.7 Å². The molecule has 1 N–H and O–H groups in total. The first kappa shape index (κ1) is 18.1. The molecule has 5 heteroatoms. The third-order valence-corrected chi connectivity index (χ3v) is 4.74. The lowest BCUT2D eigenvalue weighted by molar-refractivity contribution is -0.134. The zero-order chi connectivity index (χ0) is 18.4. The normalized spacial score (nSPS) is 16.1. The van der Waals surface area contributed by atoms with Crippen LogP contribution >= 0.6 is 0 Å². The van der Waals surface area contributed by atoms with Crippen molar-refractivity contribution in [3.63, 3.8) is 0 Å². The number of rotatable bonds is 5. The Balaban J connectivity index is 1.75. The van der Waals surface area contributed by atoms with Crippen LogP contribution in [0.15, 0.2) is 60.7 Å². The van der Waals surface area contributed by atoms with E-state index in [4.69, 9.17) is 0 Å². The van der Waals surface area contributed by atoms with Crippen LogP contribution < -0.4 is 5.32 Å². The summed E-state index contributed by atoms with van der Waals surface area (Å²) in [5, 5.41) is 2.95. The van der Waals surface area contributed by atoms with Crippen molar-refractivity contribution in [3.05, 3.63) is 71.8 Å². The fourth-order valence-electron chi connectivity index (χ4n) is 3.13. The average Bonchev–Trinajstić information content (AvgIpc) is 2.69. The van der Waals surface area contributed by atoms with Gasteiger partial charge in [0.05, 0.1) is 0 Å². The number of hydrogen-bond donors (Lipinski definition) is 1. The van der Waals surface area contributed by atoms with E-state index in [1.54, 1.807) is 12.1 Å². The molecule has 0 aliphatic carbocycles. The number of nitrogens with zero attached hydrogens (tertiary/aromatic N) is 2. The summed E-state index contributed by atoms with van der Waals surface area (Å²) in [5.74, 6) is -0.222. The SMILES string of the molecule is CN1CCN(C(=O)[C@@H](Cc2ccccc2)NC(=O)c2ccccc2)CC1. The van der Waals surface area contributed by atoms with Crippen molar-refractivity contribution in [2.24, 2.45) is 0 Å². The highest BCUT2D eigenvalue weighted by Gasteiger charge is 2.28. The van der Waals surface area contributed by atoms with Crippen LogP contribution in [0.25, 0.3) is 0 Å². The van der Waals surface area contributed by atoms with Gasteiger partial charge >= 0.3 is 0 Å². The Labute approximate surface area is 154 Å². The van der Waals surface area contributed by atoms with Gasteiger partial charge in [-0.2, -0.15) is 0 Å². The van der Waals surface area contributed by atoms with E-state index in [0.29, 0.717) is 25.1 Å². The molecule has 2 aromatic carbocycles. The molecule has 1 atom stereocenters. The molecule has 0 aromatic heterocycles. The molecule has 1 heterocycles.